The molecule has 0 aliphatic heterocycles. The zero-order chi connectivity index (χ0) is 12.3. The summed E-state index contributed by atoms with van der Waals surface area (Å²) >= 11 is 0. The smallest absolute Gasteiger partial charge is 0.243 e. The van der Waals surface area contributed by atoms with E-state index >= 15 is 0 Å². The van der Waals surface area contributed by atoms with E-state index in [9.17, 15) is 4.79 Å². The Morgan fingerprint density at radius 1 is 1.12 bits per heavy atom. The highest BCUT2D eigenvalue weighted by Gasteiger charge is 2.13. The van der Waals surface area contributed by atoms with E-state index in [0.717, 1.165) is 6.54 Å². The molecule has 0 spiro atoms. The molecule has 0 saturated heterocycles. The van der Waals surface area contributed by atoms with Crippen molar-refractivity contribution in [2.24, 2.45) is 5.92 Å². The Hall–Kier alpha value is -1.31. The standard InChI is InChI=1S/C15H23NO/c1-2-3-4-5-9-12-15(17)16-13-14-10-7-6-8-11-14/h2-5,9,12,14H,6-8,10-11,13H2,1H3,(H,16,17)/b3-2+,5-4+,12-9+. The number of carbonyl (C=O) groups excluding carboxylic acids is 1. The van der Waals surface area contributed by atoms with Crippen molar-refractivity contribution in [1.82, 2.24) is 5.32 Å². The van der Waals surface area contributed by atoms with Crippen molar-refractivity contribution in [3.63, 3.8) is 0 Å². The lowest BCUT2D eigenvalue weighted by Gasteiger charge is -2.21. The van der Waals surface area contributed by atoms with Crippen LogP contribution in [0.15, 0.2) is 36.5 Å². The molecule has 17 heavy (non-hydrogen) atoms. The van der Waals surface area contributed by atoms with Gasteiger partial charge in [-0.25, -0.2) is 0 Å². The van der Waals surface area contributed by atoms with Gasteiger partial charge in [-0.3, -0.25) is 4.79 Å². The van der Waals surface area contributed by atoms with Gasteiger partial charge in [-0.15, -0.1) is 0 Å². The third-order valence-electron chi connectivity index (χ3n) is 3.06. The molecule has 0 aromatic carbocycles. The molecule has 0 bridgehead atoms. The molecule has 94 valence electrons. The van der Waals surface area contributed by atoms with Crippen molar-refractivity contribution in [3.05, 3.63) is 36.5 Å². The minimum Gasteiger partial charge on any atom is -0.352 e. The fourth-order valence-corrected chi connectivity index (χ4v) is 2.08. The quantitative estimate of drug-likeness (QED) is 0.572. The summed E-state index contributed by atoms with van der Waals surface area (Å²) in [5.74, 6) is 0.709. The molecule has 1 fully saturated rings. The number of amides is 1. The van der Waals surface area contributed by atoms with Gasteiger partial charge in [0.25, 0.3) is 0 Å². The Labute approximate surface area is 104 Å². The molecule has 1 aliphatic carbocycles. The van der Waals surface area contributed by atoms with Crippen molar-refractivity contribution < 1.29 is 4.79 Å². The summed E-state index contributed by atoms with van der Waals surface area (Å²) < 4.78 is 0. The first-order valence-corrected chi connectivity index (χ1v) is 6.57. The van der Waals surface area contributed by atoms with Gasteiger partial charge in [0.1, 0.15) is 0 Å². The average Bonchev–Trinajstić information content (AvgIpc) is 2.37. The Morgan fingerprint density at radius 3 is 2.53 bits per heavy atom. The topological polar surface area (TPSA) is 29.1 Å². The molecule has 1 saturated carbocycles. The van der Waals surface area contributed by atoms with Crippen LogP contribution in [0.3, 0.4) is 0 Å². The first-order chi connectivity index (χ1) is 8.33. The second-order valence-corrected chi connectivity index (χ2v) is 4.52. The van der Waals surface area contributed by atoms with Crippen molar-refractivity contribution in [3.8, 4) is 0 Å². The van der Waals surface area contributed by atoms with E-state index in [4.69, 9.17) is 0 Å². The molecule has 0 atom stereocenters. The predicted octanol–water partition coefficient (Wildman–Crippen LogP) is 3.37. The van der Waals surface area contributed by atoms with Crippen LogP contribution in [0.5, 0.6) is 0 Å². The minimum atomic E-state index is 0.0145. The average molecular weight is 233 g/mol. The molecule has 0 heterocycles. The Bertz CT molecular complexity index is 296. The molecule has 0 aromatic rings. The Balaban J connectivity index is 2.15. The molecule has 2 heteroatoms. The summed E-state index contributed by atoms with van der Waals surface area (Å²) in [5, 5.41) is 2.97. The molecular formula is C15H23NO. The molecule has 1 N–H and O–H groups in total. The van der Waals surface area contributed by atoms with E-state index in [1.54, 1.807) is 12.2 Å². The molecule has 0 radical (unpaired) electrons. The molecule has 1 aliphatic rings. The van der Waals surface area contributed by atoms with Crippen LogP contribution in [0.1, 0.15) is 39.0 Å². The zero-order valence-corrected chi connectivity index (χ0v) is 10.7. The molecule has 0 unspecified atom stereocenters. The number of hydrogen-bond donors (Lipinski definition) is 1. The number of hydrogen-bond acceptors (Lipinski definition) is 1. The lowest BCUT2D eigenvalue weighted by Crippen LogP contribution is -2.28. The van der Waals surface area contributed by atoms with Gasteiger partial charge in [0.15, 0.2) is 0 Å². The lowest BCUT2D eigenvalue weighted by molar-refractivity contribution is -0.116. The summed E-state index contributed by atoms with van der Waals surface area (Å²) in [4.78, 5) is 11.5. The second kappa shape index (κ2) is 8.80. The fourth-order valence-electron chi connectivity index (χ4n) is 2.08. The monoisotopic (exact) mass is 233 g/mol. The van der Waals surface area contributed by atoms with Crippen LogP contribution in [-0.2, 0) is 4.79 Å². The summed E-state index contributed by atoms with van der Waals surface area (Å²) in [6, 6.07) is 0. The van der Waals surface area contributed by atoms with Gasteiger partial charge in [0, 0.05) is 12.6 Å². The lowest BCUT2D eigenvalue weighted by atomic mass is 9.89. The van der Waals surface area contributed by atoms with Crippen LogP contribution in [0.4, 0.5) is 0 Å². The highest BCUT2D eigenvalue weighted by molar-refractivity contribution is 5.87. The molecule has 2 nitrogen and oxygen atoms in total. The van der Waals surface area contributed by atoms with Crippen LogP contribution < -0.4 is 5.32 Å². The number of allylic oxidation sites excluding steroid dienone is 5. The third-order valence-corrected chi connectivity index (χ3v) is 3.06. The minimum absolute atomic E-state index is 0.0145. The summed E-state index contributed by atoms with van der Waals surface area (Å²) in [5.41, 5.74) is 0. The fraction of sp³-hybridized carbons (Fsp3) is 0.533. The number of nitrogens with one attached hydrogen (secondary N) is 1. The van der Waals surface area contributed by atoms with E-state index in [1.165, 1.54) is 32.1 Å². The van der Waals surface area contributed by atoms with Crippen molar-refractivity contribution >= 4 is 5.91 Å². The van der Waals surface area contributed by atoms with E-state index in [-0.39, 0.29) is 5.91 Å². The van der Waals surface area contributed by atoms with Gasteiger partial charge in [0.2, 0.25) is 5.91 Å². The molecular weight excluding hydrogens is 210 g/mol. The van der Waals surface area contributed by atoms with Gasteiger partial charge < -0.3 is 5.32 Å². The largest absolute Gasteiger partial charge is 0.352 e. The van der Waals surface area contributed by atoms with E-state index in [0.29, 0.717) is 5.92 Å². The highest BCUT2D eigenvalue weighted by Crippen LogP contribution is 2.22. The maximum atomic E-state index is 11.5. The normalized spacial score (nSPS) is 18.4. The van der Waals surface area contributed by atoms with Crippen LogP contribution in [0.25, 0.3) is 0 Å². The van der Waals surface area contributed by atoms with Crippen molar-refractivity contribution in [2.75, 3.05) is 6.54 Å². The van der Waals surface area contributed by atoms with Gasteiger partial charge in [-0.05, 0) is 25.7 Å². The SMILES string of the molecule is C/C=C/C=C/C=C/C(=O)NCC1CCCCC1. The van der Waals surface area contributed by atoms with E-state index in [1.807, 2.05) is 31.2 Å². The Morgan fingerprint density at radius 2 is 1.82 bits per heavy atom. The molecule has 1 amide bonds. The number of carbonyl (C=O) groups is 1. The predicted molar refractivity (Wildman–Crippen MR) is 72.7 cm³/mol. The zero-order valence-electron chi connectivity index (χ0n) is 10.7. The highest BCUT2D eigenvalue weighted by atomic mass is 16.1. The second-order valence-electron chi connectivity index (χ2n) is 4.52. The molecule has 0 aromatic heterocycles. The first kappa shape index (κ1) is 13.8. The van der Waals surface area contributed by atoms with Crippen LogP contribution in [0, 0.1) is 5.92 Å². The van der Waals surface area contributed by atoms with Gasteiger partial charge in [0.05, 0.1) is 0 Å². The molecule has 1 rings (SSSR count). The number of rotatable bonds is 5. The third kappa shape index (κ3) is 6.77. The van der Waals surface area contributed by atoms with Crippen LogP contribution in [-0.4, -0.2) is 12.5 Å². The van der Waals surface area contributed by atoms with Gasteiger partial charge >= 0.3 is 0 Å². The van der Waals surface area contributed by atoms with Crippen molar-refractivity contribution in [2.45, 2.75) is 39.0 Å². The maximum Gasteiger partial charge on any atom is 0.243 e. The van der Waals surface area contributed by atoms with Gasteiger partial charge in [-0.2, -0.15) is 0 Å². The van der Waals surface area contributed by atoms with Gasteiger partial charge in [-0.1, -0.05) is 49.6 Å². The van der Waals surface area contributed by atoms with E-state index in [2.05, 4.69) is 5.32 Å². The maximum absolute atomic E-state index is 11.5. The Kier molecular flexibility index (Phi) is 7.12. The van der Waals surface area contributed by atoms with Crippen molar-refractivity contribution in [1.29, 1.82) is 0 Å². The summed E-state index contributed by atoms with van der Waals surface area (Å²) in [6.45, 7) is 2.80. The first-order valence-electron chi connectivity index (χ1n) is 6.57. The van der Waals surface area contributed by atoms with Crippen LogP contribution in [0.2, 0.25) is 0 Å². The van der Waals surface area contributed by atoms with E-state index < -0.39 is 0 Å². The van der Waals surface area contributed by atoms with Crippen LogP contribution >= 0.6 is 0 Å². The summed E-state index contributed by atoms with van der Waals surface area (Å²) in [7, 11) is 0. The summed E-state index contributed by atoms with van der Waals surface area (Å²) in [6.07, 6.45) is 17.6.